The highest BCUT2D eigenvalue weighted by molar-refractivity contribution is 5.75. The Balaban J connectivity index is 2.57. The Hall–Kier alpha value is -1.34. The second kappa shape index (κ2) is 3.88. The standard InChI is InChI=1S/C8H9NO3/c1-11-8(10)7-4-2-3-6(5-9)12-7/h2-3,6-7H,4H2,1H3/t6-,7-/m1/s1. The minimum Gasteiger partial charge on any atom is -0.467 e. The molecule has 0 radical (unpaired) electrons. The first-order valence-electron chi connectivity index (χ1n) is 3.57. The molecular weight excluding hydrogens is 158 g/mol. The van der Waals surface area contributed by atoms with Gasteiger partial charge in [0.25, 0.3) is 0 Å². The summed E-state index contributed by atoms with van der Waals surface area (Å²) in [6.07, 6.45) is 2.61. The van der Waals surface area contributed by atoms with Gasteiger partial charge in [0.2, 0.25) is 0 Å². The minimum atomic E-state index is -0.622. The van der Waals surface area contributed by atoms with Crippen molar-refractivity contribution >= 4 is 5.97 Å². The maximum atomic E-state index is 10.9. The number of hydrogen-bond acceptors (Lipinski definition) is 4. The first kappa shape index (κ1) is 8.75. The number of nitrogens with zero attached hydrogens (tertiary/aromatic N) is 1. The molecule has 2 atom stereocenters. The van der Waals surface area contributed by atoms with E-state index >= 15 is 0 Å². The lowest BCUT2D eigenvalue weighted by Crippen LogP contribution is -2.31. The van der Waals surface area contributed by atoms with Gasteiger partial charge in [0.15, 0.2) is 12.2 Å². The molecule has 64 valence electrons. The third-order valence-corrected chi connectivity index (χ3v) is 1.56. The molecule has 0 saturated carbocycles. The van der Waals surface area contributed by atoms with Crippen LogP contribution in [0.1, 0.15) is 6.42 Å². The Morgan fingerprint density at radius 3 is 3.17 bits per heavy atom. The van der Waals surface area contributed by atoms with Gasteiger partial charge in [-0.25, -0.2) is 4.79 Å². The van der Waals surface area contributed by atoms with Crippen molar-refractivity contribution in [2.75, 3.05) is 7.11 Å². The topological polar surface area (TPSA) is 59.3 Å². The molecule has 1 rings (SSSR count). The van der Waals surface area contributed by atoms with Crippen LogP contribution in [0.25, 0.3) is 0 Å². The van der Waals surface area contributed by atoms with Crippen LogP contribution in [-0.4, -0.2) is 25.3 Å². The number of esters is 1. The molecule has 0 spiro atoms. The summed E-state index contributed by atoms with van der Waals surface area (Å²) in [4.78, 5) is 10.9. The van der Waals surface area contributed by atoms with Crippen molar-refractivity contribution in [1.82, 2.24) is 0 Å². The zero-order valence-corrected chi connectivity index (χ0v) is 6.69. The first-order chi connectivity index (χ1) is 5.77. The molecule has 0 fully saturated rings. The SMILES string of the molecule is COC(=O)[C@H]1CC=C[C@H](C#N)O1. The van der Waals surface area contributed by atoms with Gasteiger partial charge in [0.1, 0.15) is 0 Å². The molecule has 4 heteroatoms. The maximum Gasteiger partial charge on any atom is 0.335 e. The number of carbonyl (C=O) groups excluding carboxylic acids is 1. The third kappa shape index (κ3) is 1.83. The average Bonchev–Trinajstić information content (AvgIpc) is 2.17. The van der Waals surface area contributed by atoms with Gasteiger partial charge in [-0.15, -0.1) is 0 Å². The molecule has 0 aromatic heterocycles. The van der Waals surface area contributed by atoms with Crippen LogP contribution in [-0.2, 0) is 14.3 Å². The van der Waals surface area contributed by atoms with Crippen LogP contribution in [0.3, 0.4) is 0 Å². The third-order valence-electron chi connectivity index (χ3n) is 1.56. The highest BCUT2D eigenvalue weighted by Gasteiger charge is 2.24. The monoisotopic (exact) mass is 167 g/mol. The zero-order chi connectivity index (χ0) is 8.97. The van der Waals surface area contributed by atoms with E-state index in [0.29, 0.717) is 6.42 Å². The number of hydrogen-bond donors (Lipinski definition) is 0. The summed E-state index contributed by atoms with van der Waals surface area (Å²) in [7, 11) is 1.30. The highest BCUT2D eigenvalue weighted by atomic mass is 16.6. The van der Waals surface area contributed by atoms with Crippen molar-refractivity contribution in [3.8, 4) is 6.07 Å². The van der Waals surface area contributed by atoms with E-state index in [1.165, 1.54) is 7.11 Å². The molecule has 0 aromatic carbocycles. The van der Waals surface area contributed by atoms with Crippen molar-refractivity contribution in [2.24, 2.45) is 0 Å². The molecule has 0 amide bonds. The number of carbonyl (C=O) groups is 1. The van der Waals surface area contributed by atoms with E-state index in [1.54, 1.807) is 12.2 Å². The molecule has 0 aliphatic carbocycles. The largest absolute Gasteiger partial charge is 0.467 e. The van der Waals surface area contributed by atoms with Crippen LogP contribution in [0.4, 0.5) is 0 Å². The van der Waals surface area contributed by atoms with Gasteiger partial charge in [-0.05, 0) is 6.08 Å². The van der Waals surface area contributed by atoms with E-state index in [9.17, 15) is 4.79 Å². The van der Waals surface area contributed by atoms with Crippen LogP contribution in [0.15, 0.2) is 12.2 Å². The lowest BCUT2D eigenvalue weighted by molar-refractivity contribution is -0.155. The molecule has 4 nitrogen and oxygen atoms in total. The maximum absolute atomic E-state index is 10.9. The zero-order valence-electron chi connectivity index (χ0n) is 6.69. The fraction of sp³-hybridized carbons (Fsp3) is 0.500. The van der Waals surface area contributed by atoms with Crippen LogP contribution in [0.5, 0.6) is 0 Å². The van der Waals surface area contributed by atoms with Gasteiger partial charge in [0.05, 0.1) is 13.2 Å². The van der Waals surface area contributed by atoms with E-state index in [2.05, 4.69) is 4.74 Å². The predicted molar refractivity (Wildman–Crippen MR) is 40.0 cm³/mol. The lowest BCUT2D eigenvalue weighted by Gasteiger charge is -2.19. The van der Waals surface area contributed by atoms with Crippen molar-refractivity contribution in [3.05, 3.63) is 12.2 Å². The average molecular weight is 167 g/mol. The lowest BCUT2D eigenvalue weighted by atomic mass is 10.1. The minimum absolute atomic E-state index is 0.431. The number of ether oxygens (including phenoxy) is 2. The van der Waals surface area contributed by atoms with Crippen molar-refractivity contribution in [2.45, 2.75) is 18.6 Å². The predicted octanol–water partition coefficient (Wildman–Crippen LogP) is 0.397. The second-order valence-electron chi connectivity index (χ2n) is 2.36. The van der Waals surface area contributed by atoms with Gasteiger partial charge >= 0.3 is 5.97 Å². The number of nitriles is 1. The van der Waals surface area contributed by atoms with Crippen molar-refractivity contribution < 1.29 is 14.3 Å². The van der Waals surface area contributed by atoms with Crippen LogP contribution < -0.4 is 0 Å². The van der Waals surface area contributed by atoms with E-state index in [4.69, 9.17) is 10.00 Å². The fourth-order valence-corrected chi connectivity index (χ4v) is 0.960. The number of rotatable bonds is 1. The summed E-state index contributed by atoms with van der Waals surface area (Å²) in [6, 6.07) is 1.90. The Labute approximate surface area is 70.4 Å². The van der Waals surface area contributed by atoms with Gasteiger partial charge < -0.3 is 9.47 Å². The van der Waals surface area contributed by atoms with Crippen LogP contribution in [0, 0.1) is 11.3 Å². The molecule has 1 aliphatic rings. The molecule has 0 unspecified atom stereocenters. The van der Waals surface area contributed by atoms with Gasteiger partial charge in [-0.3, -0.25) is 0 Å². The molecule has 12 heavy (non-hydrogen) atoms. The van der Waals surface area contributed by atoms with Gasteiger partial charge in [-0.2, -0.15) is 5.26 Å². The Bertz CT molecular complexity index is 241. The van der Waals surface area contributed by atoms with E-state index in [-0.39, 0.29) is 0 Å². The summed E-state index contributed by atoms with van der Waals surface area (Å²) in [6.45, 7) is 0. The molecule has 0 saturated heterocycles. The van der Waals surface area contributed by atoms with Crippen LogP contribution >= 0.6 is 0 Å². The quantitative estimate of drug-likeness (QED) is 0.419. The Kier molecular flexibility index (Phi) is 2.83. The number of methoxy groups -OCH3 is 1. The summed E-state index contributed by atoms with van der Waals surface area (Å²) < 4.78 is 9.54. The molecule has 0 aromatic rings. The van der Waals surface area contributed by atoms with Crippen molar-refractivity contribution in [3.63, 3.8) is 0 Å². The van der Waals surface area contributed by atoms with E-state index < -0.39 is 18.2 Å². The van der Waals surface area contributed by atoms with Crippen molar-refractivity contribution in [1.29, 1.82) is 5.26 Å². The second-order valence-corrected chi connectivity index (χ2v) is 2.36. The highest BCUT2D eigenvalue weighted by Crippen LogP contribution is 2.12. The smallest absolute Gasteiger partial charge is 0.335 e. The molecular formula is C8H9NO3. The fourth-order valence-electron chi connectivity index (χ4n) is 0.960. The van der Waals surface area contributed by atoms with Gasteiger partial charge in [0, 0.05) is 6.42 Å². The summed E-state index contributed by atoms with van der Waals surface area (Å²) in [5.74, 6) is -0.431. The summed E-state index contributed by atoms with van der Waals surface area (Å²) in [5, 5.41) is 8.48. The van der Waals surface area contributed by atoms with E-state index in [1.807, 2.05) is 6.07 Å². The molecule has 0 bridgehead atoms. The Morgan fingerprint density at radius 2 is 2.58 bits per heavy atom. The summed E-state index contributed by atoms with van der Waals surface area (Å²) in [5.41, 5.74) is 0. The summed E-state index contributed by atoms with van der Waals surface area (Å²) >= 11 is 0. The molecule has 1 heterocycles. The van der Waals surface area contributed by atoms with E-state index in [0.717, 1.165) is 0 Å². The van der Waals surface area contributed by atoms with Gasteiger partial charge in [-0.1, -0.05) is 6.08 Å². The molecule has 0 N–H and O–H groups in total. The first-order valence-corrected chi connectivity index (χ1v) is 3.57. The Morgan fingerprint density at radius 1 is 1.83 bits per heavy atom. The van der Waals surface area contributed by atoms with Crippen LogP contribution in [0.2, 0.25) is 0 Å². The molecule has 1 aliphatic heterocycles. The normalized spacial score (nSPS) is 27.7.